The van der Waals surface area contributed by atoms with Crippen LogP contribution in [0.1, 0.15) is 37.0 Å². The van der Waals surface area contributed by atoms with Crippen LogP contribution in [0.25, 0.3) is 0 Å². The highest BCUT2D eigenvalue weighted by atomic mass is 79.9. The minimum atomic E-state index is -1.35. The number of benzene rings is 1. The summed E-state index contributed by atoms with van der Waals surface area (Å²) < 4.78 is 10.6. The number of ether oxygens (including phenoxy) is 2. The van der Waals surface area contributed by atoms with Crippen molar-refractivity contribution < 1.29 is 19.4 Å². The zero-order valence-corrected chi connectivity index (χ0v) is 12.4. The molecule has 1 rings (SSSR count). The van der Waals surface area contributed by atoms with Crippen LogP contribution in [0.3, 0.4) is 0 Å². The molecule has 0 aromatic heterocycles. The number of aliphatic hydroxyl groups is 1. The average Bonchev–Trinajstić information content (AvgIpc) is 2.35. The quantitative estimate of drug-likeness (QED) is 0.868. The Morgan fingerprint density at radius 1 is 1.28 bits per heavy atom. The minimum absolute atomic E-state index is 0.209. The molecular formula is C13H17BrO4. The lowest BCUT2D eigenvalue weighted by atomic mass is 9.96. The zero-order chi connectivity index (χ0) is 13.9. The van der Waals surface area contributed by atoms with E-state index in [1.165, 1.54) is 14.2 Å². The monoisotopic (exact) mass is 316 g/mol. The third-order valence-corrected chi connectivity index (χ3v) is 3.11. The summed E-state index contributed by atoms with van der Waals surface area (Å²) in [6.07, 6.45) is -1.35. The smallest absolute Gasteiger partial charge is 0.339 e. The Hall–Kier alpha value is -1.07. The lowest BCUT2D eigenvalue weighted by Crippen LogP contribution is -2.15. The van der Waals surface area contributed by atoms with Crippen molar-refractivity contribution in [3.8, 4) is 5.75 Å². The predicted octanol–water partition coefficient (Wildman–Crippen LogP) is 2.79. The van der Waals surface area contributed by atoms with Crippen molar-refractivity contribution >= 4 is 21.9 Å². The van der Waals surface area contributed by atoms with Gasteiger partial charge in [0.1, 0.15) is 5.75 Å². The first kappa shape index (κ1) is 15.0. The molecule has 100 valence electrons. The summed E-state index contributed by atoms with van der Waals surface area (Å²) in [5.41, 5.74) is 1.33. The molecule has 1 aromatic carbocycles. The van der Waals surface area contributed by atoms with Crippen molar-refractivity contribution in [3.05, 3.63) is 27.7 Å². The Balaban J connectivity index is 3.38. The first-order valence-electron chi connectivity index (χ1n) is 5.55. The van der Waals surface area contributed by atoms with Crippen molar-refractivity contribution in [3.63, 3.8) is 0 Å². The minimum Gasteiger partial charge on any atom is -0.496 e. The van der Waals surface area contributed by atoms with Gasteiger partial charge in [0.05, 0.1) is 14.2 Å². The molecule has 1 N–H and O–H groups in total. The third-order valence-electron chi connectivity index (χ3n) is 2.66. The molecule has 0 aliphatic carbocycles. The molecule has 1 unspecified atom stereocenters. The van der Waals surface area contributed by atoms with E-state index in [0.29, 0.717) is 11.3 Å². The summed E-state index contributed by atoms with van der Waals surface area (Å²) in [6, 6.07) is 3.57. The Labute approximate surface area is 115 Å². The second-order valence-electron chi connectivity index (χ2n) is 4.20. The number of carbonyl (C=O) groups is 1. The number of methoxy groups -OCH3 is 2. The van der Waals surface area contributed by atoms with Gasteiger partial charge in [-0.25, -0.2) is 4.79 Å². The Morgan fingerprint density at radius 2 is 1.83 bits per heavy atom. The molecule has 5 heteroatoms. The van der Waals surface area contributed by atoms with E-state index >= 15 is 0 Å². The van der Waals surface area contributed by atoms with Gasteiger partial charge in [0.2, 0.25) is 0 Å². The maximum absolute atomic E-state index is 11.4. The van der Waals surface area contributed by atoms with E-state index in [0.717, 1.165) is 10.0 Å². The third kappa shape index (κ3) is 3.03. The number of hydrogen-bond acceptors (Lipinski definition) is 4. The van der Waals surface area contributed by atoms with Gasteiger partial charge in [-0.2, -0.15) is 0 Å². The predicted molar refractivity (Wildman–Crippen MR) is 71.8 cm³/mol. The molecule has 0 saturated carbocycles. The molecule has 0 spiro atoms. The number of hydrogen-bond donors (Lipinski definition) is 1. The SMILES string of the molecule is COC(=O)C(O)c1cc(Br)cc(C(C)C)c1OC. The topological polar surface area (TPSA) is 55.8 Å². The summed E-state index contributed by atoms with van der Waals surface area (Å²) in [7, 11) is 2.75. The molecule has 1 aromatic rings. The van der Waals surface area contributed by atoms with Crippen LogP contribution in [0.4, 0.5) is 0 Å². The van der Waals surface area contributed by atoms with Crippen LogP contribution in [-0.4, -0.2) is 25.3 Å². The molecule has 0 bridgehead atoms. The standard InChI is InChI=1S/C13H17BrO4/c1-7(2)9-5-8(14)6-10(12(9)17-3)11(15)13(16)18-4/h5-7,11,15H,1-4H3. The van der Waals surface area contributed by atoms with Gasteiger partial charge in [-0.15, -0.1) is 0 Å². The molecular weight excluding hydrogens is 300 g/mol. The van der Waals surface area contributed by atoms with Crippen LogP contribution >= 0.6 is 15.9 Å². The van der Waals surface area contributed by atoms with Crippen LogP contribution in [0.15, 0.2) is 16.6 Å². The Morgan fingerprint density at radius 3 is 2.28 bits per heavy atom. The molecule has 0 saturated heterocycles. The van der Waals surface area contributed by atoms with E-state index in [9.17, 15) is 9.90 Å². The van der Waals surface area contributed by atoms with Gasteiger partial charge in [0.15, 0.2) is 6.10 Å². The summed E-state index contributed by atoms with van der Waals surface area (Å²) in [6.45, 7) is 4.02. The summed E-state index contributed by atoms with van der Waals surface area (Å²) in [4.78, 5) is 11.4. The average molecular weight is 317 g/mol. The normalized spacial score (nSPS) is 12.4. The molecule has 0 fully saturated rings. The van der Waals surface area contributed by atoms with Crippen LogP contribution in [0.2, 0.25) is 0 Å². The Bertz CT molecular complexity index is 443. The first-order chi connectivity index (χ1) is 8.42. The zero-order valence-electron chi connectivity index (χ0n) is 10.9. The lowest BCUT2D eigenvalue weighted by molar-refractivity contribution is -0.150. The van der Waals surface area contributed by atoms with Gasteiger partial charge < -0.3 is 14.6 Å². The van der Waals surface area contributed by atoms with Gasteiger partial charge in [-0.3, -0.25) is 0 Å². The fourth-order valence-corrected chi connectivity index (χ4v) is 2.24. The first-order valence-corrected chi connectivity index (χ1v) is 6.34. The summed E-state index contributed by atoms with van der Waals surface area (Å²) in [5, 5.41) is 9.96. The van der Waals surface area contributed by atoms with Gasteiger partial charge in [0, 0.05) is 10.0 Å². The number of aliphatic hydroxyl groups excluding tert-OH is 1. The van der Waals surface area contributed by atoms with E-state index < -0.39 is 12.1 Å². The molecule has 4 nitrogen and oxygen atoms in total. The van der Waals surface area contributed by atoms with Crippen molar-refractivity contribution in [2.45, 2.75) is 25.9 Å². The van der Waals surface area contributed by atoms with Crippen LogP contribution in [0, 0.1) is 0 Å². The molecule has 0 aliphatic heterocycles. The van der Waals surface area contributed by atoms with Gasteiger partial charge in [-0.1, -0.05) is 29.8 Å². The number of rotatable bonds is 4. The second-order valence-corrected chi connectivity index (χ2v) is 5.11. The van der Waals surface area contributed by atoms with E-state index in [2.05, 4.69) is 20.7 Å². The fraction of sp³-hybridized carbons (Fsp3) is 0.462. The Kier molecular flexibility index (Phi) is 5.16. The number of esters is 1. The molecule has 0 amide bonds. The van der Waals surface area contributed by atoms with E-state index in [1.54, 1.807) is 6.07 Å². The van der Waals surface area contributed by atoms with E-state index in [1.807, 2.05) is 19.9 Å². The fourth-order valence-electron chi connectivity index (χ4n) is 1.74. The van der Waals surface area contributed by atoms with Crippen LogP contribution in [-0.2, 0) is 9.53 Å². The lowest BCUT2D eigenvalue weighted by Gasteiger charge is -2.19. The highest BCUT2D eigenvalue weighted by molar-refractivity contribution is 9.10. The van der Waals surface area contributed by atoms with Crippen molar-refractivity contribution in [1.82, 2.24) is 0 Å². The molecule has 0 radical (unpaired) electrons. The van der Waals surface area contributed by atoms with Crippen molar-refractivity contribution in [1.29, 1.82) is 0 Å². The van der Waals surface area contributed by atoms with E-state index in [-0.39, 0.29) is 5.92 Å². The second kappa shape index (κ2) is 6.20. The van der Waals surface area contributed by atoms with Crippen LogP contribution in [0.5, 0.6) is 5.75 Å². The van der Waals surface area contributed by atoms with Crippen molar-refractivity contribution in [2.24, 2.45) is 0 Å². The maximum atomic E-state index is 11.4. The van der Waals surface area contributed by atoms with Crippen molar-refractivity contribution in [2.75, 3.05) is 14.2 Å². The van der Waals surface area contributed by atoms with E-state index in [4.69, 9.17) is 4.74 Å². The number of carbonyl (C=O) groups excluding carboxylic acids is 1. The number of halogens is 1. The molecule has 0 aliphatic rings. The van der Waals surface area contributed by atoms with Gasteiger partial charge in [-0.05, 0) is 23.6 Å². The highest BCUT2D eigenvalue weighted by Gasteiger charge is 2.25. The van der Waals surface area contributed by atoms with Gasteiger partial charge in [0.25, 0.3) is 0 Å². The molecule has 0 heterocycles. The largest absolute Gasteiger partial charge is 0.496 e. The van der Waals surface area contributed by atoms with Crippen LogP contribution < -0.4 is 4.74 Å². The highest BCUT2D eigenvalue weighted by Crippen LogP contribution is 2.36. The molecule has 1 atom stereocenters. The maximum Gasteiger partial charge on any atom is 0.339 e. The molecule has 18 heavy (non-hydrogen) atoms. The van der Waals surface area contributed by atoms with Gasteiger partial charge >= 0.3 is 5.97 Å². The summed E-state index contributed by atoms with van der Waals surface area (Å²) in [5.74, 6) is 0.0215. The summed E-state index contributed by atoms with van der Waals surface area (Å²) >= 11 is 3.37.